The molecule has 0 unspecified atom stereocenters. The number of hydrogen-bond acceptors (Lipinski definition) is 1. The van der Waals surface area contributed by atoms with E-state index in [4.69, 9.17) is 12.6 Å². The van der Waals surface area contributed by atoms with E-state index in [9.17, 15) is 0 Å². The summed E-state index contributed by atoms with van der Waals surface area (Å²) in [7, 11) is 0. The monoisotopic (exact) mass is 180 g/mol. The van der Waals surface area contributed by atoms with Crippen LogP contribution in [-0.4, -0.2) is 6.54 Å². The third-order valence-corrected chi connectivity index (χ3v) is 2.09. The number of rotatable bonds is 4. The molecular formula is C10H14NS. The van der Waals surface area contributed by atoms with Crippen LogP contribution in [0, 0.1) is 0 Å². The SMILES string of the molecule is CCCCNc1ccccc1[S]. The first-order valence-electron chi connectivity index (χ1n) is 4.34. The molecule has 1 rings (SSSR count). The topological polar surface area (TPSA) is 12.0 Å². The van der Waals surface area contributed by atoms with Gasteiger partial charge in [-0.3, -0.25) is 0 Å². The van der Waals surface area contributed by atoms with E-state index in [1.165, 1.54) is 12.8 Å². The van der Waals surface area contributed by atoms with Gasteiger partial charge in [0.25, 0.3) is 0 Å². The largest absolute Gasteiger partial charge is 0.384 e. The molecule has 0 aliphatic heterocycles. The summed E-state index contributed by atoms with van der Waals surface area (Å²) in [5.41, 5.74) is 1.08. The van der Waals surface area contributed by atoms with Gasteiger partial charge in [-0.1, -0.05) is 38.1 Å². The van der Waals surface area contributed by atoms with E-state index in [1.807, 2.05) is 24.3 Å². The molecule has 2 heteroatoms. The summed E-state index contributed by atoms with van der Waals surface area (Å²) in [4.78, 5) is 0.911. The lowest BCUT2D eigenvalue weighted by molar-refractivity contribution is 0.832. The summed E-state index contributed by atoms with van der Waals surface area (Å²) in [5, 5.41) is 3.31. The normalized spacial score (nSPS) is 9.75. The Kier molecular flexibility index (Phi) is 3.88. The fraction of sp³-hybridized carbons (Fsp3) is 0.400. The zero-order valence-corrected chi connectivity index (χ0v) is 8.16. The summed E-state index contributed by atoms with van der Waals surface area (Å²) < 4.78 is 0. The molecule has 1 nitrogen and oxygen atoms in total. The average molecular weight is 180 g/mol. The number of unbranched alkanes of at least 4 members (excludes halogenated alkanes) is 1. The highest BCUT2D eigenvalue weighted by molar-refractivity contribution is 7.80. The molecule has 0 aliphatic rings. The molecule has 0 spiro atoms. The van der Waals surface area contributed by atoms with Gasteiger partial charge in [0.15, 0.2) is 0 Å². The minimum absolute atomic E-state index is 0.911. The maximum absolute atomic E-state index is 5.14. The van der Waals surface area contributed by atoms with E-state index >= 15 is 0 Å². The van der Waals surface area contributed by atoms with Gasteiger partial charge in [0.05, 0.1) is 10.6 Å². The van der Waals surface area contributed by atoms with Crippen molar-refractivity contribution in [3.63, 3.8) is 0 Å². The molecule has 12 heavy (non-hydrogen) atoms. The molecule has 0 bridgehead atoms. The third kappa shape index (κ3) is 2.70. The molecule has 0 saturated carbocycles. The van der Waals surface area contributed by atoms with Crippen molar-refractivity contribution in [1.82, 2.24) is 0 Å². The van der Waals surface area contributed by atoms with Gasteiger partial charge in [0.2, 0.25) is 0 Å². The Morgan fingerprint density at radius 2 is 2.08 bits per heavy atom. The predicted molar refractivity (Wildman–Crippen MR) is 55.7 cm³/mol. The third-order valence-electron chi connectivity index (χ3n) is 1.73. The maximum Gasteiger partial charge on any atom is 0.0608 e. The molecule has 0 aromatic heterocycles. The lowest BCUT2D eigenvalue weighted by Gasteiger charge is -2.06. The smallest absolute Gasteiger partial charge is 0.0608 e. The first-order chi connectivity index (χ1) is 5.84. The van der Waals surface area contributed by atoms with Crippen LogP contribution in [0.3, 0.4) is 0 Å². The van der Waals surface area contributed by atoms with Crippen molar-refractivity contribution in [2.45, 2.75) is 24.7 Å². The van der Waals surface area contributed by atoms with Crippen LogP contribution >= 0.6 is 12.6 Å². The Morgan fingerprint density at radius 3 is 2.75 bits per heavy atom. The molecule has 0 aliphatic carbocycles. The Balaban J connectivity index is 2.46. The van der Waals surface area contributed by atoms with E-state index in [2.05, 4.69) is 12.2 Å². The van der Waals surface area contributed by atoms with Crippen LogP contribution in [-0.2, 0) is 0 Å². The quantitative estimate of drug-likeness (QED) is 0.700. The molecule has 0 atom stereocenters. The number of benzene rings is 1. The van der Waals surface area contributed by atoms with Crippen LogP contribution in [0.2, 0.25) is 0 Å². The van der Waals surface area contributed by atoms with Crippen molar-refractivity contribution in [1.29, 1.82) is 0 Å². The molecule has 1 radical (unpaired) electrons. The van der Waals surface area contributed by atoms with Gasteiger partial charge < -0.3 is 5.32 Å². The standard InChI is InChI=1S/C10H14NS/c1-2-3-8-11-9-6-4-5-7-10(9)12/h4-7,11H,2-3,8H2,1H3. The predicted octanol–water partition coefficient (Wildman–Crippen LogP) is 3.46. The Morgan fingerprint density at radius 1 is 1.33 bits per heavy atom. The van der Waals surface area contributed by atoms with Gasteiger partial charge in [0, 0.05) is 6.54 Å². The average Bonchev–Trinajstić information content (AvgIpc) is 2.09. The highest BCUT2D eigenvalue weighted by atomic mass is 32.1. The Hall–Kier alpha value is -0.760. The molecule has 0 heterocycles. The van der Waals surface area contributed by atoms with Gasteiger partial charge in [-0.15, -0.1) is 0 Å². The van der Waals surface area contributed by atoms with E-state index in [0.29, 0.717) is 0 Å². The summed E-state index contributed by atoms with van der Waals surface area (Å²) in [6.07, 6.45) is 2.41. The van der Waals surface area contributed by atoms with Gasteiger partial charge in [-0.25, -0.2) is 0 Å². The second-order valence-corrected chi connectivity index (χ2v) is 3.22. The first kappa shape index (κ1) is 9.33. The number of para-hydroxylation sites is 1. The number of hydrogen-bond donors (Lipinski definition) is 1. The summed E-state index contributed by atoms with van der Waals surface area (Å²) in [6.45, 7) is 3.20. The van der Waals surface area contributed by atoms with Crippen LogP contribution in [0.25, 0.3) is 0 Å². The van der Waals surface area contributed by atoms with E-state index in [0.717, 1.165) is 17.1 Å². The Bertz CT molecular complexity index is 235. The van der Waals surface area contributed by atoms with Gasteiger partial charge >= 0.3 is 0 Å². The molecule has 1 aromatic rings. The van der Waals surface area contributed by atoms with Crippen LogP contribution < -0.4 is 5.32 Å². The molecule has 1 aromatic carbocycles. The van der Waals surface area contributed by atoms with Crippen molar-refractivity contribution >= 4 is 18.3 Å². The van der Waals surface area contributed by atoms with Crippen LogP contribution in [0.15, 0.2) is 29.2 Å². The van der Waals surface area contributed by atoms with Gasteiger partial charge in [-0.2, -0.15) is 0 Å². The lowest BCUT2D eigenvalue weighted by atomic mass is 10.3. The summed E-state index contributed by atoms with van der Waals surface area (Å²) >= 11 is 5.14. The van der Waals surface area contributed by atoms with E-state index < -0.39 is 0 Å². The number of anilines is 1. The lowest BCUT2D eigenvalue weighted by Crippen LogP contribution is -2.00. The Labute approximate surface area is 79.6 Å². The van der Waals surface area contributed by atoms with Gasteiger partial charge in [0.1, 0.15) is 0 Å². The highest BCUT2D eigenvalue weighted by Crippen LogP contribution is 2.18. The zero-order chi connectivity index (χ0) is 8.81. The second kappa shape index (κ2) is 4.99. The second-order valence-electron chi connectivity index (χ2n) is 2.78. The molecular weight excluding hydrogens is 166 g/mol. The first-order valence-corrected chi connectivity index (χ1v) is 4.75. The zero-order valence-electron chi connectivity index (χ0n) is 7.34. The van der Waals surface area contributed by atoms with Crippen LogP contribution in [0.1, 0.15) is 19.8 Å². The molecule has 0 fully saturated rings. The minimum atomic E-state index is 0.911. The highest BCUT2D eigenvalue weighted by Gasteiger charge is 1.95. The van der Waals surface area contributed by atoms with Crippen molar-refractivity contribution in [3.8, 4) is 0 Å². The molecule has 0 saturated heterocycles. The van der Waals surface area contributed by atoms with Crippen molar-refractivity contribution in [3.05, 3.63) is 24.3 Å². The fourth-order valence-corrected chi connectivity index (χ4v) is 1.23. The number of nitrogens with one attached hydrogen (secondary N) is 1. The van der Waals surface area contributed by atoms with E-state index in [1.54, 1.807) is 0 Å². The molecule has 0 amide bonds. The van der Waals surface area contributed by atoms with Crippen molar-refractivity contribution in [2.24, 2.45) is 0 Å². The van der Waals surface area contributed by atoms with E-state index in [-0.39, 0.29) is 0 Å². The van der Waals surface area contributed by atoms with Crippen LogP contribution in [0.4, 0.5) is 5.69 Å². The summed E-state index contributed by atoms with van der Waals surface area (Å²) in [5.74, 6) is 0. The van der Waals surface area contributed by atoms with Gasteiger partial charge in [-0.05, 0) is 18.6 Å². The van der Waals surface area contributed by atoms with Crippen molar-refractivity contribution in [2.75, 3.05) is 11.9 Å². The van der Waals surface area contributed by atoms with Crippen molar-refractivity contribution < 1.29 is 0 Å². The van der Waals surface area contributed by atoms with Crippen LogP contribution in [0.5, 0.6) is 0 Å². The molecule has 1 N–H and O–H groups in total. The molecule has 65 valence electrons. The summed E-state index contributed by atoms with van der Waals surface area (Å²) in [6, 6.07) is 7.94. The maximum atomic E-state index is 5.14. The fourth-order valence-electron chi connectivity index (χ4n) is 1.01. The minimum Gasteiger partial charge on any atom is -0.384 e.